The Hall–Kier alpha value is -2.78. The molecule has 7 nitrogen and oxygen atoms in total. The minimum absolute atomic E-state index is 0.137. The quantitative estimate of drug-likeness (QED) is 0.609. The van der Waals surface area contributed by atoms with Crippen molar-refractivity contribution in [2.45, 2.75) is 13.5 Å². The molecule has 3 rings (SSSR count). The summed E-state index contributed by atoms with van der Waals surface area (Å²) in [5.41, 5.74) is 6.80. The number of aryl methyl sites for hydroxylation is 1. The molecule has 28 heavy (non-hydrogen) atoms. The lowest BCUT2D eigenvalue weighted by Crippen LogP contribution is -2.32. The number of ketones is 1. The highest BCUT2D eigenvalue weighted by Gasteiger charge is 2.23. The van der Waals surface area contributed by atoms with E-state index in [1.165, 1.54) is 23.4 Å². The lowest BCUT2D eigenvalue weighted by atomic mass is 10.1. The van der Waals surface area contributed by atoms with E-state index in [0.29, 0.717) is 5.69 Å². The summed E-state index contributed by atoms with van der Waals surface area (Å²) < 4.78 is 42.8. The molecule has 1 aromatic heterocycles. The number of halogens is 1. The van der Waals surface area contributed by atoms with Gasteiger partial charge in [0, 0.05) is 23.6 Å². The van der Waals surface area contributed by atoms with Gasteiger partial charge in [-0.1, -0.05) is 12.1 Å². The van der Waals surface area contributed by atoms with Crippen LogP contribution in [0, 0.1) is 5.82 Å². The SMILES string of the molecule is CCS(=O)(=O)N(Cc1ccc(C(=O)CN)cc1F)c1ccc2cnn(C)c2c1. The van der Waals surface area contributed by atoms with Crippen molar-refractivity contribution in [2.24, 2.45) is 12.8 Å². The summed E-state index contributed by atoms with van der Waals surface area (Å²) in [7, 11) is -1.91. The van der Waals surface area contributed by atoms with Gasteiger partial charge in [0.25, 0.3) is 0 Å². The highest BCUT2D eigenvalue weighted by atomic mass is 32.2. The lowest BCUT2D eigenvalue weighted by Gasteiger charge is -2.24. The number of carbonyl (C=O) groups excluding carboxylic acids is 1. The van der Waals surface area contributed by atoms with Crippen molar-refractivity contribution < 1.29 is 17.6 Å². The molecule has 0 atom stereocenters. The van der Waals surface area contributed by atoms with E-state index in [2.05, 4.69) is 5.10 Å². The first-order valence-electron chi connectivity index (χ1n) is 8.70. The summed E-state index contributed by atoms with van der Waals surface area (Å²) in [5, 5.41) is 5.03. The smallest absolute Gasteiger partial charge is 0.235 e. The average Bonchev–Trinajstić information content (AvgIpc) is 3.06. The fraction of sp³-hybridized carbons (Fsp3) is 0.263. The highest BCUT2D eigenvalue weighted by molar-refractivity contribution is 7.92. The number of benzene rings is 2. The van der Waals surface area contributed by atoms with E-state index in [1.54, 1.807) is 36.1 Å². The van der Waals surface area contributed by atoms with Crippen LogP contribution in [-0.2, 0) is 23.6 Å². The van der Waals surface area contributed by atoms with Crippen LogP contribution in [0.3, 0.4) is 0 Å². The van der Waals surface area contributed by atoms with Crippen LogP contribution in [0.4, 0.5) is 10.1 Å². The van der Waals surface area contributed by atoms with Crippen molar-refractivity contribution in [1.29, 1.82) is 0 Å². The van der Waals surface area contributed by atoms with Crippen molar-refractivity contribution in [2.75, 3.05) is 16.6 Å². The zero-order valence-electron chi connectivity index (χ0n) is 15.6. The predicted octanol–water partition coefficient (Wildman–Crippen LogP) is 2.21. The van der Waals surface area contributed by atoms with Gasteiger partial charge in [-0.15, -0.1) is 0 Å². The van der Waals surface area contributed by atoms with Crippen LogP contribution in [-0.4, -0.2) is 36.3 Å². The van der Waals surface area contributed by atoms with Gasteiger partial charge in [0.1, 0.15) is 5.82 Å². The molecule has 0 spiro atoms. The number of rotatable bonds is 7. The number of hydrogen-bond acceptors (Lipinski definition) is 5. The highest BCUT2D eigenvalue weighted by Crippen LogP contribution is 2.27. The zero-order chi connectivity index (χ0) is 20.5. The third kappa shape index (κ3) is 3.76. The fourth-order valence-electron chi connectivity index (χ4n) is 2.92. The number of hydrogen-bond donors (Lipinski definition) is 1. The predicted molar refractivity (Wildman–Crippen MR) is 106 cm³/mol. The molecule has 0 aliphatic rings. The molecular formula is C19H21FN4O3S. The first-order valence-corrected chi connectivity index (χ1v) is 10.3. The summed E-state index contributed by atoms with van der Waals surface area (Å²) in [6.45, 7) is 1.12. The van der Waals surface area contributed by atoms with Crippen LogP contribution >= 0.6 is 0 Å². The van der Waals surface area contributed by atoms with E-state index in [-0.39, 0.29) is 35.8 Å². The molecule has 148 valence electrons. The molecule has 9 heteroatoms. The number of carbonyl (C=O) groups is 1. The number of aromatic nitrogens is 2. The summed E-state index contributed by atoms with van der Waals surface area (Å²) in [5.74, 6) is -1.18. The maximum absolute atomic E-state index is 14.6. The van der Waals surface area contributed by atoms with Crippen LogP contribution in [0.5, 0.6) is 0 Å². The molecule has 0 unspecified atom stereocenters. The van der Waals surface area contributed by atoms with Crippen molar-refractivity contribution >= 4 is 32.4 Å². The second-order valence-electron chi connectivity index (χ2n) is 6.35. The minimum atomic E-state index is -3.67. The van der Waals surface area contributed by atoms with Gasteiger partial charge in [0.2, 0.25) is 10.0 Å². The number of Topliss-reactive ketones (excluding diaryl/α,β-unsaturated/α-hetero) is 1. The summed E-state index contributed by atoms with van der Waals surface area (Å²) in [6, 6.07) is 9.11. The topological polar surface area (TPSA) is 98.3 Å². The maximum atomic E-state index is 14.6. The van der Waals surface area contributed by atoms with E-state index >= 15 is 0 Å². The van der Waals surface area contributed by atoms with Gasteiger partial charge in [0.05, 0.1) is 36.2 Å². The van der Waals surface area contributed by atoms with Crippen molar-refractivity contribution in [3.05, 3.63) is 59.5 Å². The second-order valence-corrected chi connectivity index (χ2v) is 8.53. The van der Waals surface area contributed by atoms with Gasteiger partial charge in [-0.2, -0.15) is 5.10 Å². The van der Waals surface area contributed by atoms with E-state index in [0.717, 1.165) is 17.0 Å². The summed E-state index contributed by atoms with van der Waals surface area (Å²) in [6.07, 6.45) is 1.69. The van der Waals surface area contributed by atoms with Gasteiger partial charge in [0.15, 0.2) is 5.78 Å². The molecule has 0 aliphatic carbocycles. The Morgan fingerprint density at radius 3 is 2.64 bits per heavy atom. The van der Waals surface area contributed by atoms with Crippen LogP contribution in [0.1, 0.15) is 22.8 Å². The first kappa shape index (κ1) is 20.0. The van der Waals surface area contributed by atoms with Crippen molar-refractivity contribution in [3.8, 4) is 0 Å². The Labute approximate surface area is 162 Å². The number of fused-ring (bicyclic) bond motifs is 1. The Balaban J connectivity index is 2.04. The van der Waals surface area contributed by atoms with Gasteiger partial charge in [-0.05, 0) is 31.2 Å². The Morgan fingerprint density at radius 2 is 2.00 bits per heavy atom. The molecule has 2 aromatic carbocycles. The number of anilines is 1. The van der Waals surface area contributed by atoms with Gasteiger partial charge < -0.3 is 5.73 Å². The average molecular weight is 404 g/mol. The molecule has 1 heterocycles. The summed E-state index contributed by atoms with van der Waals surface area (Å²) >= 11 is 0. The largest absolute Gasteiger partial charge is 0.324 e. The minimum Gasteiger partial charge on any atom is -0.324 e. The first-order chi connectivity index (χ1) is 13.3. The van der Waals surface area contributed by atoms with Crippen molar-refractivity contribution in [1.82, 2.24) is 9.78 Å². The van der Waals surface area contributed by atoms with Gasteiger partial charge in [-0.3, -0.25) is 13.8 Å². The number of nitrogens with zero attached hydrogens (tertiary/aromatic N) is 3. The van der Waals surface area contributed by atoms with E-state index in [4.69, 9.17) is 5.73 Å². The van der Waals surface area contributed by atoms with E-state index in [9.17, 15) is 17.6 Å². The Kier molecular flexibility index (Phi) is 5.48. The standard InChI is InChI=1S/C19H21FN4O3S/c1-3-28(26,27)24(16-7-6-14-11-22-23(2)18(14)9-16)12-15-5-4-13(8-17(15)20)19(25)10-21/h4-9,11H,3,10,12,21H2,1-2H3. The zero-order valence-corrected chi connectivity index (χ0v) is 16.4. The molecule has 2 N–H and O–H groups in total. The van der Waals surface area contributed by atoms with Crippen LogP contribution in [0.2, 0.25) is 0 Å². The second kappa shape index (κ2) is 7.69. The molecular weight excluding hydrogens is 383 g/mol. The normalized spacial score (nSPS) is 11.7. The Bertz CT molecular complexity index is 1140. The van der Waals surface area contributed by atoms with Crippen molar-refractivity contribution in [3.63, 3.8) is 0 Å². The number of sulfonamides is 1. The lowest BCUT2D eigenvalue weighted by molar-refractivity contribution is 0.100. The monoisotopic (exact) mass is 404 g/mol. The van der Waals surface area contributed by atoms with Gasteiger partial charge >= 0.3 is 0 Å². The fourth-order valence-corrected chi connectivity index (χ4v) is 4.00. The van der Waals surface area contributed by atoms with Crippen LogP contribution < -0.4 is 10.0 Å². The van der Waals surface area contributed by atoms with Crippen LogP contribution in [0.25, 0.3) is 10.9 Å². The summed E-state index contributed by atoms with van der Waals surface area (Å²) in [4.78, 5) is 11.7. The molecule has 0 amide bonds. The van der Waals surface area contributed by atoms with Crippen LogP contribution in [0.15, 0.2) is 42.6 Å². The molecule has 0 bridgehead atoms. The third-order valence-electron chi connectivity index (χ3n) is 4.60. The molecule has 0 fully saturated rings. The molecule has 0 aliphatic heterocycles. The maximum Gasteiger partial charge on any atom is 0.235 e. The third-order valence-corrected chi connectivity index (χ3v) is 6.34. The molecule has 0 radical (unpaired) electrons. The molecule has 0 saturated carbocycles. The Morgan fingerprint density at radius 1 is 1.25 bits per heavy atom. The molecule has 3 aromatic rings. The van der Waals surface area contributed by atoms with Gasteiger partial charge in [-0.25, -0.2) is 12.8 Å². The van der Waals surface area contributed by atoms with E-state index in [1.807, 2.05) is 0 Å². The van der Waals surface area contributed by atoms with E-state index < -0.39 is 15.8 Å². The number of nitrogens with two attached hydrogens (primary N) is 1. The molecule has 0 saturated heterocycles.